The van der Waals surface area contributed by atoms with Crippen molar-refractivity contribution in [3.05, 3.63) is 23.8 Å². The van der Waals surface area contributed by atoms with Crippen LogP contribution in [0.15, 0.2) is 18.2 Å². The van der Waals surface area contributed by atoms with Gasteiger partial charge in [-0.3, -0.25) is 0 Å². The molecule has 0 saturated heterocycles. The van der Waals surface area contributed by atoms with Crippen LogP contribution in [0.5, 0.6) is 11.5 Å². The van der Waals surface area contributed by atoms with E-state index >= 15 is 0 Å². The number of aliphatic hydroxyl groups is 2. The summed E-state index contributed by atoms with van der Waals surface area (Å²) in [5.41, 5.74) is 0.664. The lowest BCUT2D eigenvalue weighted by molar-refractivity contribution is 0.0675. The summed E-state index contributed by atoms with van der Waals surface area (Å²) in [5.74, 6) is 1.24. The minimum absolute atomic E-state index is 0.117. The summed E-state index contributed by atoms with van der Waals surface area (Å²) in [5, 5.41) is 19.0. The Kier molecular flexibility index (Phi) is 5.95. The Hall–Kier alpha value is -1.26. The molecule has 0 aliphatic heterocycles. The minimum Gasteiger partial charge on any atom is -0.490 e. The molecule has 1 aromatic carbocycles. The van der Waals surface area contributed by atoms with Crippen LogP contribution in [0.2, 0.25) is 0 Å². The molecule has 0 saturated carbocycles. The molecule has 0 aliphatic carbocycles. The van der Waals surface area contributed by atoms with Crippen LogP contribution < -0.4 is 9.47 Å². The van der Waals surface area contributed by atoms with E-state index < -0.39 is 6.10 Å². The average molecular weight is 254 g/mol. The van der Waals surface area contributed by atoms with E-state index in [1.54, 1.807) is 12.1 Å². The third-order valence-corrected chi connectivity index (χ3v) is 2.70. The molecule has 0 amide bonds. The first-order valence-electron chi connectivity index (χ1n) is 6.26. The van der Waals surface area contributed by atoms with Gasteiger partial charge in [0, 0.05) is 5.56 Å². The molecular formula is C14H22O4. The Bertz CT molecular complexity index is 363. The van der Waals surface area contributed by atoms with Crippen LogP contribution in [-0.2, 0) is 6.61 Å². The van der Waals surface area contributed by atoms with Gasteiger partial charge in [-0.1, -0.05) is 26.0 Å². The number of ether oxygens (including phenoxy) is 2. The first kappa shape index (κ1) is 14.8. The topological polar surface area (TPSA) is 58.9 Å². The zero-order valence-corrected chi connectivity index (χ0v) is 11.2. The van der Waals surface area contributed by atoms with Gasteiger partial charge in [0.2, 0.25) is 0 Å². The molecule has 0 aromatic heterocycles. The highest BCUT2D eigenvalue weighted by atomic mass is 16.5. The van der Waals surface area contributed by atoms with Crippen molar-refractivity contribution >= 4 is 0 Å². The number of rotatable bonds is 7. The lowest BCUT2D eigenvalue weighted by Crippen LogP contribution is -2.23. The predicted molar refractivity (Wildman–Crippen MR) is 69.9 cm³/mol. The quantitative estimate of drug-likeness (QED) is 0.781. The number of aliphatic hydroxyl groups excluding tert-OH is 2. The van der Waals surface area contributed by atoms with Crippen molar-refractivity contribution in [1.82, 2.24) is 0 Å². The highest BCUT2D eigenvalue weighted by Gasteiger charge is 2.14. The molecule has 0 bridgehead atoms. The van der Waals surface area contributed by atoms with Gasteiger partial charge in [0.05, 0.1) is 19.3 Å². The molecule has 1 unspecified atom stereocenters. The normalized spacial score (nSPS) is 12.6. The van der Waals surface area contributed by atoms with Gasteiger partial charge in [-0.05, 0) is 18.9 Å². The molecule has 1 rings (SSSR count). The van der Waals surface area contributed by atoms with E-state index in [0.717, 1.165) is 0 Å². The Balaban J connectivity index is 2.83. The van der Waals surface area contributed by atoms with Gasteiger partial charge in [0.15, 0.2) is 11.5 Å². The zero-order valence-electron chi connectivity index (χ0n) is 11.2. The van der Waals surface area contributed by atoms with E-state index in [1.165, 1.54) is 0 Å². The second kappa shape index (κ2) is 7.24. The highest BCUT2D eigenvalue weighted by molar-refractivity contribution is 5.46. The molecule has 0 spiro atoms. The van der Waals surface area contributed by atoms with Crippen LogP contribution in [0, 0.1) is 5.92 Å². The second-order valence-corrected chi connectivity index (χ2v) is 4.46. The molecule has 1 atom stereocenters. The molecule has 4 heteroatoms. The Morgan fingerprint density at radius 3 is 2.50 bits per heavy atom. The van der Waals surface area contributed by atoms with Crippen molar-refractivity contribution in [2.24, 2.45) is 5.92 Å². The SMILES string of the molecule is CCOc1cccc(CO)c1OCC(O)C(C)C. The van der Waals surface area contributed by atoms with Gasteiger partial charge in [-0.15, -0.1) is 0 Å². The highest BCUT2D eigenvalue weighted by Crippen LogP contribution is 2.31. The molecule has 2 N–H and O–H groups in total. The van der Waals surface area contributed by atoms with Crippen LogP contribution in [0.25, 0.3) is 0 Å². The lowest BCUT2D eigenvalue weighted by atomic mass is 10.1. The van der Waals surface area contributed by atoms with E-state index in [1.807, 2.05) is 26.8 Å². The molecule has 4 nitrogen and oxygen atoms in total. The van der Waals surface area contributed by atoms with Gasteiger partial charge < -0.3 is 19.7 Å². The van der Waals surface area contributed by atoms with Crippen LogP contribution in [0.1, 0.15) is 26.3 Å². The number of para-hydroxylation sites is 1. The van der Waals surface area contributed by atoms with Gasteiger partial charge >= 0.3 is 0 Å². The summed E-state index contributed by atoms with van der Waals surface area (Å²) in [7, 11) is 0. The van der Waals surface area contributed by atoms with E-state index in [2.05, 4.69) is 0 Å². The van der Waals surface area contributed by atoms with E-state index in [9.17, 15) is 10.2 Å². The Morgan fingerprint density at radius 1 is 1.22 bits per heavy atom. The lowest BCUT2D eigenvalue weighted by Gasteiger charge is -2.19. The van der Waals surface area contributed by atoms with Crippen molar-refractivity contribution in [3.8, 4) is 11.5 Å². The van der Waals surface area contributed by atoms with Crippen molar-refractivity contribution in [1.29, 1.82) is 0 Å². The first-order valence-corrected chi connectivity index (χ1v) is 6.26. The molecular weight excluding hydrogens is 232 g/mol. The maximum atomic E-state index is 9.74. The summed E-state index contributed by atoms with van der Waals surface area (Å²) >= 11 is 0. The average Bonchev–Trinajstić information content (AvgIpc) is 2.36. The molecule has 0 heterocycles. The molecule has 0 fully saturated rings. The van der Waals surface area contributed by atoms with Gasteiger partial charge in [0.25, 0.3) is 0 Å². The molecule has 18 heavy (non-hydrogen) atoms. The van der Waals surface area contributed by atoms with Gasteiger partial charge in [-0.25, -0.2) is 0 Å². The third kappa shape index (κ3) is 3.89. The summed E-state index contributed by atoms with van der Waals surface area (Å²) in [6.45, 7) is 6.34. The summed E-state index contributed by atoms with van der Waals surface area (Å²) in [6.07, 6.45) is -0.536. The van der Waals surface area contributed by atoms with Crippen LogP contribution in [0.4, 0.5) is 0 Å². The summed E-state index contributed by atoms with van der Waals surface area (Å²) < 4.78 is 11.1. The fraction of sp³-hybridized carbons (Fsp3) is 0.571. The van der Waals surface area contributed by atoms with E-state index in [4.69, 9.17) is 9.47 Å². The zero-order chi connectivity index (χ0) is 13.5. The van der Waals surface area contributed by atoms with Crippen molar-refractivity contribution in [2.45, 2.75) is 33.5 Å². The fourth-order valence-corrected chi connectivity index (χ4v) is 1.48. The Labute approximate surface area is 108 Å². The maximum absolute atomic E-state index is 9.74. The predicted octanol–water partition coefficient (Wildman–Crippen LogP) is 1.97. The number of hydrogen-bond acceptors (Lipinski definition) is 4. The minimum atomic E-state index is -0.536. The fourth-order valence-electron chi connectivity index (χ4n) is 1.48. The van der Waals surface area contributed by atoms with Gasteiger partial charge in [-0.2, -0.15) is 0 Å². The van der Waals surface area contributed by atoms with E-state index in [0.29, 0.717) is 23.7 Å². The standard InChI is InChI=1S/C14H22O4/c1-4-17-13-7-5-6-11(8-15)14(13)18-9-12(16)10(2)3/h5-7,10,12,15-16H,4,8-9H2,1-3H3. The van der Waals surface area contributed by atoms with Crippen LogP contribution in [0.3, 0.4) is 0 Å². The van der Waals surface area contributed by atoms with Crippen LogP contribution in [-0.4, -0.2) is 29.5 Å². The summed E-state index contributed by atoms with van der Waals surface area (Å²) in [4.78, 5) is 0. The van der Waals surface area contributed by atoms with Gasteiger partial charge in [0.1, 0.15) is 6.61 Å². The number of benzene rings is 1. The Morgan fingerprint density at radius 2 is 1.94 bits per heavy atom. The molecule has 0 aliphatic rings. The van der Waals surface area contributed by atoms with Crippen LogP contribution >= 0.6 is 0 Å². The largest absolute Gasteiger partial charge is 0.490 e. The molecule has 102 valence electrons. The maximum Gasteiger partial charge on any atom is 0.166 e. The number of hydrogen-bond donors (Lipinski definition) is 2. The smallest absolute Gasteiger partial charge is 0.166 e. The first-order chi connectivity index (χ1) is 8.60. The van der Waals surface area contributed by atoms with Crippen molar-refractivity contribution in [3.63, 3.8) is 0 Å². The van der Waals surface area contributed by atoms with Crippen molar-refractivity contribution in [2.75, 3.05) is 13.2 Å². The molecule has 0 radical (unpaired) electrons. The van der Waals surface area contributed by atoms with Crippen molar-refractivity contribution < 1.29 is 19.7 Å². The molecule has 1 aromatic rings. The third-order valence-electron chi connectivity index (χ3n) is 2.70. The van der Waals surface area contributed by atoms with E-state index in [-0.39, 0.29) is 19.1 Å². The summed E-state index contributed by atoms with van der Waals surface area (Å²) in [6, 6.07) is 5.38. The monoisotopic (exact) mass is 254 g/mol. The second-order valence-electron chi connectivity index (χ2n) is 4.46.